The van der Waals surface area contributed by atoms with Crippen LogP contribution in [0.2, 0.25) is 5.02 Å². The van der Waals surface area contributed by atoms with Crippen LogP contribution in [0.1, 0.15) is 22.3 Å². The molecule has 128 valence electrons. The fraction of sp³-hybridized carbons (Fsp3) is 0.263. The van der Waals surface area contributed by atoms with Crippen LogP contribution < -0.4 is 4.90 Å². The first-order valence-corrected chi connectivity index (χ1v) is 8.46. The van der Waals surface area contributed by atoms with Crippen LogP contribution in [0.25, 0.3) is 0 Å². The van der Waals surface area contributed by atoms with Crippen LogP contribution in [0.4, 0.5) is 10.1 Å². The lowest BCUT2D eigenvalue weighted by Gasteiger charge is -2.24. The Bertz CT molecular complexity index is 834. The lowest BCUT2D eigenvalue weighted by molar-refractivity contribution is 0.0762. The number of nitrogens with zero attached hydrogens (tertiary/aromatic N) is 3. The molecule has 6 heteroatoms. The molecule has 1 heterocycles. The third-order valence-electron chi connectivity index (χ3n) is 4.31. The highest BCUT2D eigenvalue weighted by atomic mass is 35.5. The maximum Gasteiger partial charge on any atom is 0.256 e. The van der Waals surface area contributed by atoms with Gasteiger partial charge in [-0.1, -0.05) is 23.7 Å². The zero-order valence-electron chi connectivity index (χ0n) is 13.6. The van der Waals surface area contributed by atoms with Crippen molar-refractivity contribution in [2.75, 3.05) is 31.1 Å². The number of carbonyl (C=O) groups is 1. The van der Waals surface area contributed by atoms with Gasteiger partial charge in [-0.2, -0.15) is 5.26 Å². The number of hydrogen-bond acceptors (Lipinski definition) is 3. The largest absolute Gasteiger partial charge is 0.369 e. The Morgan fingerprint density at radius 2 is 1.92 bits per heavy atom. The predicted molar refractivity (Wildman–Crippen MR) is 95.3 cm³/mol. The summed E-state index contributed by atoms with van der Waals surface area (Å²) in [4.78, 5) is 16.3. The number of nitriles is 1. The van der Waals surface area contributed by atoms with Gasteiger partial charge >= 0.3 is 0 Å². The van der Waals surface area contributed by atoms with Crippen molar-refractivity contribution >= 4 is 23.2 Å². The summed E-state index contributed by atoms with van der Waals surface area (Å²) in [6, 6.07) is 13.4. The quantitative estimate of drug-likeness (QED) is 0.823. The van der Waals surface area contributed by atoms with Crippen LogP contribution in [0.15, 0.2) is 42.5 Å². The Balaban J connectivity index is 1.76. The van der Waals surface area contributed by atoms with Gasteiger partial charge in [0.15, 0.2) is 0 Å². The maximum absolute atomic E-state index is 13.9. The lowest BCUT2D eigenvalue weighted by Crippen LogP contribution is -2.35. The van der Waals surface area contributed by atoms with Crippen molar-refractivity contribution in [2.45, 2.75) is 6.42 Å². The molecule has 0 saturated carbocycles. The number of anilines is 1. The number of rotatable bonds is 2. The van der Waals surface area contributed by atoms with E-state index in [0.29, 0.717) is 30.2 Å². The lowest BCUT2D eigenvalue weighted by atomic mass is 10.1. The van der Waals surface area contributed by atoms with E-state index >= 15 is 0 Å². The number of amides is 1. The smallest absolute Gasteiger partial charge is 0.256 e. The zero-order chi connectivity index (χ0) is 17.8. The molecule has 2 aromatic rings. The van der Waals surface area contributed by atoms with Gasteiger partial charge in [-0.15, -0.1) is 0 Å². The summed E-state index contributed by atoms with van der Waals surface area (Å²) in [5.41, 5.74) is 1.42. The van der Waals surface area contributed by atoms with E-state index in [0.717, 1.165) is 18.7 Å². The zero-order valence-corrected chi connectivity index (χ0v) is 14.3. The van der Waals surface area contributed by atoms with Crippen molar-refractivity contribution < 1.29 is 9.18 Å². The van der Waals surface area contributed by atoms with E-state index in [1.165, 1.54) is 12.1 Å². The Kier molecular flexibility index (Phi) is 5.20. The van der Waals surface area contributed by atoms with Crippen molar-refractivity contribution in [1.82, 2.24) is 4.90 Å². The molecular weight excluding hydrogens is 341 g/mol. The van der Waals surface area contributed by atoms with E-state index in [1.807, 2.05) is 6.07 Å². The van der Waals surface area contributed by atoms with Gasteiger partial charge in [0.25, 0.3) is 5.91 Å². The van der Waals surface area contributed by atoms with E-state index in [2.05, 4.69) is 11.0 Å². The molecule has 0 aromatic heterocycles. The molecule has 25 heavy (non-hydrogen) atoms. The Hall–Kier alpha value is -2.58. The van der Waals surface area contributed by atoms with Crippen LogP contribution in [0.3, 0.4) is 0 Å². The van der Waals surface area contributed by atoms with Gasteiger partial charge in [0.2, 0.25) is 0 Å². The normalized spacial score (nSPS) is 14.8. The second-order valence-electron chi connectivity index (χ2n) is 5.89. The summed E-state index contributed by atoms with van der Waals surface area (Å²) in [7, 11) is 0. The van der Waals surface area contributed by atoms with Crippen molar-refractivity contribution in [3.63, 3.8) is 0 Å². The highest BCUT2D eigenvalue weighted by molar-refractivity contribution is 6.30. The number of hydrogen-bond donors (Lipinski definition) is 0. The average molecular weight is 358 g/mol. The van der Waals surface area contributed by atoms with E-state index < -0.39 is 5.82 Å². The fourth-order valence-electron chi connectivity index (χ4n) is 3.04. The average Bonchev–Trinajstić information content (AvgIpc) is 2.87. The maximum atomic E-state index is 13.9. The predicted octanol–water partition coefficient (Wildman–Crippen LogP) is 3.70. The molecule has 0 N–H and O–H groups in total. The van der Waals surface area contributed by atoms with Crippen molar-refractivity contribution in [2.24, 2.45) is 0 Å². The summed E-state index contributed by atoms with van der Waals surface area (Å²) < 4.78 is 13.9. The van der Waals surface area contributed by atoms with E-state index in [4.69, 9.17) is 11.6 Å². The van der Waals surface area contributed by atoms with E-state index in [-0.39, 0.29) is 11.5 Å². The molecule has 1 saturated heterocycles. The van der Waals surface area contributed by atoms with Crippen LogP contribution >= 0.6 is 11.6 Å². The van der Waals surface area contributed by atoms with Crippen molar-refractivity contribution in [1.29, 1.82) is 5.26 Å². The summed E-state index contributed by atoms with van der Waals surface area (Å²) in [5, 5.41) is 9.84. The third kappa shape index (κ3) is 3.75. The number of halogens is 2. The molecular formula is C19H17ClFN3O. The van der Waals surface area contributed by atoms with Gasteiger partial charge in [-0.05, 0) is 36.8 Å². The molecule has 0 aliphatic carbocycles. The summed E-state index contributed by atoms with van der Waals surface area (Å²) in [6.45, 7) is 2.33. The first-order chi connectivity index (χ1) is 12.1. The monoisotopic (exact) mass is 357 g/mol. The first-order valence-electron chi connectivity index (χ1n) is 8.08. The molecule has 1 aliphatic rings. The summed E-state index contributed by atoms with van der Waals surface area (Å²) >= 11 is 5.96. The van der Waals surface area contributed by atoms with Gasteiger partial charge in [0.1, 0.15) is 11.9 Å². The molecule has 0 spiro atoms. The van der Waals surface area contributed by atoms with Crippen LogP contribution in [0, 0.1) is 17.1 Å². The standard InChI is InChI=1S/C19H17ClFN3O/c20-15-6-7-18(14(12-15)13-22)23-8-3-9-24(11-10-23)19(25)16-4-1-2-5-17(16)21/h1-2,4-7,12H,3,8-11H2. The molecule has 1 aliphatic heterocycles. The summed E-state index contributed by atoms with van der Waals surface area (Å²) in [6.07, 6.45) is 0.744. The molecule has 1 fully saturated rings. The molecule has 3 rings (SSSR count). The number of carbonyl (C=O) groups excluding carboxylic acids is 1. The molecule has 1 amide bonds. The highest BCUT2D eigenvalue weighted by Crippen LogP contribution is 2.25. The Morgan fingerprint density at radius 1 is 1.12 bits per heavy atom. The van der Waals surface area contributed by atoms with Crippen LogP contribution in [0.5, 0.6) is 0 Å². The Morgan fingerprint density at radius 3 is 2.68 bits per heavy atom. The van der Waals surface area contributed by atoms with Crippen LogP contribution in [-0.4, -0.2) is 37.0 Å². The van der Waals surface area contributed by atoms with Gasteiger partial charge < -0.3 is 9.80 Å². The van der Waals surface area contributed by atoms with Crippen molar-refractivity contribution in [3.05, 3.63) is 64.4 Å². The topological polar surface area (TPSA) is 47.3 Å². The van der Waals surface area contributed by atoms with Gasteiger partial charge in [0, 0.05) is 31.2 Å². The molecule has 0 atom stereocenters. The fourth-order valence-corrected chi connectivity index (χ4v) is 3.21. The molecule has 4 nitrogen and oxygen atoms in total. The number of benzene rings is 2. The van der Waals surface area contributed by atoms with Gasteiger partial charge in [-0.3, -0.25) is 4.79 Å². The molecule has 0 bridgehead atoms. The van der Waals surface area contributed by atoms with E-state index in [9.17, 15) is 14.4 Å². The van der Waals surface area contributed by atoms with Gasteiger partial charge in [0.05, 0.1) is 16.8 Å². The molecule has 0 unspecified atom stereocenters. The Labute approximate surface area is 151 Å². The van der Waals surface area contributed by atoms with Crippen LogP contribution in [-0.2, 0) is 0 Å². The first kappa shape index (κ1) is 17.2. The van der Waals surface area contributed by atoms with Crippen molar-refractivity contribution in [3.8, 4) is 6.07 Å². The highest BCUT2D eigenvalue weighted by Gasteiger charge is 2.23. The minimum Gasteiger partial charge on any atom is -0.369 e. The third-order valence-corrected chi connectivity index (χ3v) is 4.54. The molecule has 0 radical (unpaired) electrons. The van der Waals surface area contributed by atoms with Gasteiger partial charge in [-0.25, -0.2) is 4.39 Å². The molecule has 2 aromatic carbocycles. The minimum absolute atomic E-state index is 0.0974. The summed E-state index contributed by atoms with van der Waals surface area (Å²) in [5.74, 6) is -0.797. The minimum atomic E-state index is -0.502. The second kappa shape index (κ2) is 7.54. The van der Waals surface area contributed by atoms with E-state index in [1.54, 1.807) is 29.2 Å². The second-order valence-corrected chi connectivity index (χ2v) is 6.32. The SMILES string of the molecule is N#Cc1cc(Cl)ccc1N1CCCN(C(=O)c2ccccc2F)CC1.